The van der Waals surface area contributed by atoms with Gasteiger partial charge in [-0.05, 0) is 19.1 Å². The molecular weight excluding hydrogens is 204 g/mol. The van der Waals surface area contributed by atoms with Crippen molar-refractivity contribution in [3.05, 3.63) is 23.7 Å². The fourth-order valence-corrected chi connectivity index (χ4v) is 2.49. The Morgan fingerprint density at radius 1 is 1.56 bits per heavy atom. The first-order valence-corrected chi connectivity index (χ1v) is 6.12. The second-order valence-corrected chi connectivity index (χ2v) is 4.62. The molecule has 4 nitrogen and oxygen atoms in total. The highest BCUT2D eigenvalue weighted by atomic mass is 16.3. The summed E-state index contributed by atoms with van der Waals surface area (Å²) in [6.45, 7) is 6.68. The number of quaternary nitrogens is 2. The van der Waals surface area contributed by atoms with Crippen LogP contribution in [0.5, 0.6) is 0 Å². The molecule has 4 N–H and O–H groups in total. The summed E-state index contributed by atoms with van der Waals surface area (Å²) >= 11 is 0. The van der Waals surface area contributed by atoms with Gasteiger partial charge in [0.25, 0.3) is 0 Å². The zero-order valence-corrected chi connectivity index (χ0v) is 9.91. The average molecular weight is 226 g/mol. The molecule has 16 heavy (non-hydrogen) atoms. The van der Waals surface area contributed by atoms with Crippen molar-refractivity contribution in [1.82, 2.24) is 0 Å². The molecule has 4 heteroatoms. The fraction of sp³-hybridized carbons (Fsp3) is 0.667. The number of aliphatic hydroxyl groups excluding tert-OH is 1. The van der Waals surface area contributed by atoms with Crippen molar-refractivity contribution in [3.8, 4) is 0 Å². The second-order valence-electron chi connectivity index (χ2n) is 4.62. The highest BCUT2D eigenvalue weighted by Crippen LogP contribution is 2.04. The molecule has 0 amide bonds. The lowest BCUT2D eigenvalue weighted by Gasteiger charge is -2.29. The molecule has 2 rings (SSSR count). The highest BCUT2D eigenvalue weighted by Gasteiger charge is 2.28. The van der Waals surface area contributed by atoms with Crippen LogP contribution in [0, 0.1) is 6.92 Å². The molecule has 2 atom stereocenters. The van der Waals surface area contributed by atoms with Crippen molar-refractivity contribution in [2.24, 2.45) is 0 Å². The Bertz CT molecular complexity index is 323. The fourth-order valence-electron chi connectivity index (χ4n) is 2.49. The molecule has 1 unspecified atom stereocenters. The minimum Gasteiger partial charge on any atom is -0.460 e. The van der Waals surface area contributed by atoms with Gasteiger partial charge in [-0.1, -0.05) is 0 Å². The molecule has 2 heterocycles. The maximum Gasteiger partial charge on any atom is 0.158 e. The van der Waals surface area contributed by atoms with Gasteiger partial charge in [0, 0.05) is 13.0 Å². The van der Waals surface area contributed by atoms with Crippen LogP contribution >= 0.6 is 0 Å². The van der Waals surface area contributed by atoms with Crippen molar-refractivity contribution in [2.45, 2.75) is 25.9 Å². The van der Waals surface area contributed by atoms with E-state index in [9.17, 15) is 0 Å². The quantitative estimate of drug-likeness (QED) is 0.573. The van der Waals surface area contributed by atoms with Gasteiger partial charge in [-0.3, -0.25) is 0 Å². The van der Waals surface area contributed by atoms with Gasteiger partial charge < -0.3 is 19.7 Å². The van der Waals surface area contributed by atoms with E-state index in [0.29, 0.717) is 12.6 Å². The number of furan rings is 1. The number of nitrogens with two attached hydrogens (primary N) is 1. The van der Waals surface area contributed by atoms with E-state index in [-0.39, 0.29) is 0 Å². The smallest absolute Gasteiger partial charge is 0.158 e. The summed E-state index contributed by atoms with van der Waals surface area (Å²) in [7, 11) is 0. The van der Waals surface area contributed by atoms with E-state index in [0.717, 1.165) is 37.6 Å². The van der Waals surface area contributed by atoms with Crippen LogP contribution in [0.4, 0.5) is 0 Å². The first-order chi connectivity index (χ1) is 7.79. The Kier molecular flexibility index (Phi) is 3.98. The molecule has 90 valence electrons. The van der Waals surface area contributed by atoms with E-state index in [1.807, 2.05) is 13.0 Å². The summed E-state index contributed by atoms with van der Waals surface area (Å²) in [6, 6.07) is 4.65. The Labute approximate surface area is 96.2 Å². The standard InChI is InChI=1S/C12H20N2O2/c1-10-2-3-12(16-10)9-14-6-5-13-8-11(14)4-7-15/h2-3,11,13,15H,4-9H2,1H3/p+2/t11-/m1/s1. The third kappa shape index (κ3) is 2.84. The van der Waals surface area contributed by atoms with Gasteiger partial charge in [-0.15, -0.1) is 0 Å². The predicted octanol–water partition coefficient (Wildman–Crippen LogP) is -1.70. The molecule has 1 aliphatic heterocycles. The summed E-state index contributed by atoms with van der Waals surface area (Å²) in [5, 5.41) is 11.4. The van der Waals surface area contributed by atoms with Gasteiger partial charge in [0.15, 0.2) is 5.76 Å². The van der Waals surface area contributed by atoms with E-state index < -0.39 is 0 Å². The van der Waals surface area contributed by atoms with Gasteiger partial charge in [0.1, 0.15) is 38.0 Å². The van der Waals surface area contributed by atoms with E-state index in [1.54, 1.807) is 4.90 Å². The summed E-state index contributed by atoms with van der Waals surface area (Å²) in [4.78, 5) is 1.55. The molecule has 1 aromatic heterocycles. The first-order valence-electron chi connectivity index (χ1n) is 6.12. The van der Waals surface area contributed by atoms with Crippen LogP contribution in [0.2, 0.25) is 0 Å². The molecule has 1 fully saturated rings. The number of hydrogen-bond acceptors (Lipinski definition) is 2. The number of aryl methyl sites for hydroxylation is 1. The summed E-state index contributed by atoms with van der Waals surface area (Å²) in [6.07, 6.45) is 0.894. The van der Waals surface area contributed by atoms with Crippen LogP contribution in [-0.4, -0.2) is 37.4 Å². The first kappa shape index (κ1) is 11.6. The normalized spacial score (nSPS) is 25.9. The average Bonchev–Trinajstić information content (AvgIpc) is 2.67. The van der Waals surface area contributed by atoms with Crippen LogP contribution in [0.3, 0.4) is 0 Å². The third-order valence-corrected chi connectivity index (χ3v) is 3.37. The molecule has 0 spiro atoms. The monoisotopic (exact) mass is 226 g/mol. The maximum absolute atomic E-state index is 9.06. The van der Waals surface area contributed by atoms with Crippen LogP contribution < -0.4 is 10.2 Å². The van der Waals surface area contributed by atoms with Gasteiger partial charge in [-0.2, -0.15) is 0 Å². The minimum atomic E-state index is 0.291. The summed E-state index contributed by atoms with van der Waals surface area (Å²) in [5.74, 6) is 2.05. The lowest BCUT2D eigenvalue weighted by molar-refractivity contribution is -0.983. The van der Waals surface area contributed by atoms with Crippen molar-refractivity contribution < 1.29 is 19.7 Å². The zero-order chi connectivity index (χ0) is 11.4. The number of hydrogen-bond donors (Lipinski definition) is 3. The largest absolute Gasteiger partial charge is 0.460 e. The van der Waals surface area contributed by atoms with Crippen LogP contribution in [0.25, 0.3) is 0 Å². The Morgan fingerprint density at radius 2 is 2.44 bits per heavy atom. The number of piperazine rings is 1. The SMILES string of the molecule is Cc1ccc(C[NH+]2CC[NH2+]C[C@H]2CCO)o1. The van der Waals surface area contributed by atoms with E-state index in [2.05, 4.69) is 11.4 Å². The van der Waals surface area contributed by atoms with E-state index >= 15 is 0 Å². The molecule has 1 aromatic rings. The molecule has 1 aliphatic rings. The molecule has 0 aromatic carbocycles. The minimum absolute atomic E-state index is 0.291. The molecule has 0 bridgehead atoms. The summed E-state index contributed by atoms with van der Waals surface area (Å²) in [5.41, 5.74) is 0. The highest BCUT2D eigenvalue weighted by molar-refractivity contribution is 5.04. The number of rotatable bonds is 4. The van der Waals surface area contributed by atoms with Crippen LogP contribution in [0.1, 0.15) is 17.9 Å². The number of aliphatic hydroxyl groups is 1. The van der Waals surface area contributed by atoms with Gasteiger partial charge in [0.2, 0.25) is 0 Å². The van der Waals surface area contributed by atoms with Crippen LogP contribution in [0.15, 0.2) is 16.5 Å². The Balaban J connectivity index is 1.95. The molecule has 1 saturated heterocycles. The van der Waals surface area contributed by atoms with E-state index in [4.69, 9.17) is 9.52 Å². The van der Waals surface area contributed by atoms with E-state index in [1.165, 1.54) is 6.54 Å². The van der Waals surface area contributed by atoms with Crippen molar-refractivity contribution in [1.29, 1.82) is 0 Å². The Morgan fingerprint density at radius 3 is 3.12 bits per heavy atom. The lowest BCUT2D eigenvalue weighted by Crippen LogP contribution is -3.23. The molecular formula is C12H22N2O2+2. The van der Waals surface area contributed by atoms with Crippen molar-refractivity contribution in [2.75, 3.05) is 26.2 Å². The summed E-state index contributed by atoms with van der Waals surface area (Å²) < 4.78 is 5.62. The topological polar surface area (TPSA) is 54.4 Å². The van der Waals surface area contributed by atoms with Gasteiger partial charge in [0.05, 0.1) is 0 Å². The van der Waals surface area contributed by atoms with Crippen molar-refractivity contribution in [3.63, 3.8) is 0 Å². The molecule has 0 aliphatic carbocycles. The maximum atomic E-state index is 9.06. The van der Waals surface area contributed by atoms with Crippen LogP contribution in [-0.2, 0) is 6.54 Å². The molecule has 0 radical (unpaired) electrons. The third-order valence-electron chi connectivity index (χ3n) is 3.37. The Hall–Kier alpha value is -0.840. The zero-order valence-electron chi connectivity index (χ0n) is 9.91. The van der Waals surface area contributed by atoms with Crippen molar-refractivity contribution >= 4 is 0 Å². The second kappa shape index (κ2) is 5.48. The predicted molar refractivity (Wildman–Crippen MR) is 60.1 cm³/mol. The molecule has 0 saturated carbocycles. The van der Waals surface area contributed by atoms with Gasteiger partial charge >= 0.3 is 0 Å². The number of nitrogens with one attached hydrogen (secondary N) is 1. The lowest BCUT2D eigenvalue weighted by atomic mass is 10.1. The van der Waals surface area contributed by atoms with Gasteiger partial charge in [-0.25, -0.2) is 0 Å².